The summed E-state index contributed by atoms with van der Waals surface area (Å²) < 4.78 is 84.0. The van der Waals surface area contributed by atoms with Gasteiger partial charge in [-0.25, -0.2) is 4.90 Å². The predicted molar refractivity (Wildman–Crippen MR) is 128 cm³/mol. The quantitative estimate of drug-likeness (QED) is 0.232. The van der Waals surface area contributed by atoms with E-state index in [1.54, 1.807) is 0 Å². The number of benzene rings is 3. The monoisotopic (exact) mass is 589 g/mol. The molecule has 0 radical (unpaired) electrons. The Hall–Kier alpha value is -3.44. The Kier molecular flexibility index (Phi) is 6.11. The van der Waals surface area contributed by atoms with Crippen LogP contribution in [0.4, 0.5) is 32.0 Å². The van der Waals surface area contributed by atoms with Gasteiger partial charge in [0, 0.05) is 15.5 Å². The van der Waals surface area contributed by atoms with Gasteiger partial charge in [0.05, 0.1) is 17.0 Å². The Balaban J connectivity index is 1.60. The molecule has 1 saturated carbocycles. The van der Waals surface area contributed by atoms with Gasteiger partial charge in [0.2, 0.25) is 11.8 Å². The number of hydrogen-bond acceptors (Lipinski definition) is 4. The largest absolute Gasteiger partial charge is 0.573 e. The van der Waals surface area contributed by atoms with Crippen LogP contribution in [0, 0.1) is 11.3 Å². The van der Waals surface area contributed by atoms with E-state index in [1.165, 1.54) is 49.4 Å². The zero-order chi connectivity index (χ0) is 28.5. The minimum Gasteiger partial charge on any atom is -0.406 e. The summed E-state index contributed by atoms with van der Waals surface area (Å²) >= 11 is 12.1. The van der Waals surface area contributed by atoms with E-state index in [9.17, 15) is 35.9 Å². The van der Waals surface area contributed by atoms with E-state index in [0.717, 1.165) is 29.2 Å². The molecule has 1 saturated heterocycles. The number of alkyl halides is 6. The number of piperidine rings is 1. The zero-order valence-electron chi connectivity index (χ0n) is 19.5. The zero-order valence-corrected chi connectivity index (χ0v) is 21.0. The standard InChI is InChI=1S/C26H15Cl2F6NO4/c1-23-20(21(36)35(22(23)37)17-11-15(27)10-16(28)12-17)24(23,13-2-6-18(7-3-13)38-25(29,30)31)14-4-8-19(9-5-14)39-26(32,33)34/h2-12,20H,1H3/t20?,23-/m1/s1. The first kappa shape index (κ1) is 27.1. The van der Waals surface area contributed by atoms with Gasteiger partial charge in [0.15, 0.2) is 0 Å². The van der Waals surface area contributed by atoms with Crippen molar-refractivity contribution >= 4 is 40.7 Å². The molecule has 1 unspecified atom stereocenters. The lowest BCUT2D eigenvalue weighted by Gasteiger charge is -2.30. The normalized spacial score (nSPS) is 22.1. The average Bonchev–Trinajstić information content (AvgIpc) is 3.31. The van der Waals surface area contributed by atoms with E-state index in [4.69, 9.17) is 23.2 Å². The molecule has 2 atom stereocenters. The highest BCUT2D eigenvalue weighted by Crippen LogP contribution is 2.76. The minimum absolute atomic E-state index is 0.132. The Morgan fingerprint density at radius 1 is 0.744 bits per heavy atom. The van der Waals surface area contributed by atoms with Crippen LogP contribution in [0.25, 0.3) is 0 Å². The molecule has 0 bridgehead atoms. The summed E-state index contributed by atoms with van der Waals surface area (Å²) in [6, 6.07) is 13.4. The van der Waals surface area contributed by atoms with Crippen molar-refractivity contribution in [2.75, 3.05) is 4.90 Å². The summed E-state index contributed by atoms with van der Waals surface area (Å²) in [6.07, 6.45) is -9.89. The molecule has 3 aromatic carbocycles. The van der Waals surface area contributed by atoms with Gasteiger partial charge in [0.1, 0.15) is 11.5 Å². The third-order valence-corrected chi connectivity index (χ3v) is 7.49. The van der Waals surface area contributed by atoms with Gasteiger partial charge < -0.3 is 9.47 Å². The second kappa shape index (κ2) is 8.79. The molecule has 204 valence electrons. The molecular formula is C26H15Cl2F6NO4. The van der Waals surface area contributed by atoms with Gasteiger partial charge in [-0.15, -0.1) is 26.3 Å². The van der Waals surface area contributed by atoms with Crippen molar-refractivity contribution < 1.29 is 45.4 Å². The smallest absolute Gasteiger partial charge is 0.406 e. The van der Waals surface area contributed by atoms with Gasteiger partial charge in [0.25, 0.3) is 0 Å². The Labute approximate surface area is 226 Å². The molecule has 5 rings (SSSR count). The number of hydrogen-bond donors (Lipinski definition) is 0. The molecule has 1 aliphatic heterocycles. The molecule has 1 aliphatic carbocycles. The molecule has 2 fully saturated rings. The second-order valence-electron chi connectivity index (χ2n) is 9.19. The second-order valence-corrected chi connectivity index (χ2v) is 10.1. The first-order valence-corrected chi connectivity index (χ1v) is 11.9. The Morgan fingerprint density at radius 3 is 1.49 bits per heavy atom. The predicted octanol–water partition coefficient (Wildman–Crippen LogP) is 7.29. The summed E-state index contributed by atoms with van der Waals surface area (Å²) in [5, 5.41) is 0.353. The number of amides is 2. The van der Waals surface area contributed by atoms with Gasteiger partial charge in [-0.3, -0.25) is 9.59 Å². The van der Waals surface area contributed by atoms with Crippen LogP contribution in [0.5, 0.6) is 11.5 Å². The topological polar surface area (TPSA) is 55.8 Å². The van der Waals surface area contributed by atoms with Crippen LogP contribution < -0.4 is 14.4 Å². The van der Waals surface area contributed by atoms with E-state index in [1.807, 2.05) is 0 Å². The lowest BCUT2D eigenvalue weighted by atomic mass is 9.79. The fourth-order valence-electron chi connectivity index (χ4n) is 5.66. The number of rotatable bonds is 5. The van der Waals surface area contributed by atoms with Crippen molar-refractivity contribution in [3.63, 3.8) is 0 Å². The molecule has 0 spiro atoms. The minimum atomic E-state index is -4.94. The number of fused-ring (bicyclic) bond motifs is 1. The molecule has 39 heavy (non-hydrogen) atoms. The average molecular weight is 590 g/mol. The molecule has 1 heterocycles. The van der Waals surface area contributed by atoms with Crippen LogP contribution in [-0.2, 0) is 15.0 Å². The van der Waals surface area contributed by atoms with Crippen LogP contribution in [0.1, 0.15) is 18.1 Å². The van der Waals surface area contributed by atoms with Gasteiger partial charge in [-0.2, -0.15) is 0 Å². The maximum Gasteiger partial charge on any atom is 0.573 e. The van der Waals surface area contributed by atoms with E-state index in [0.29, 0.717) is 11.1 Å². The van der Waals surface area contributed by atoms with Crippen molar-refractivity contribution in [2.24, 2.45) is 11.3 Å². The van der Waals surface area contributed by atoms with E-state index in [2.05, 4.69) is 9.47 Å². The van der Waals surface area contributed by atoms with Crippen LogP contribution in [0.15, 0.2) is 66.7 Å². The highest BCUT2D eigenvalue weighted by molar-refractivity contribution is 6.36. The number of carbonyl (C=O) groups is 2. The molecule has 5 nitrogen and oxygen atoms in total. The molecule has 2 aliphatic rings. The van der Waals surface area contributed by atoms with E-state index < -0.39 is 52.8 Å². The summed E-state index contributed by atoms with van der Waals surface area (Å²) in [4.78, 5) is 28.5. The molecule has 3 aromatic rings. The molecule has 13 heteroatoms. The van der Waals surface area contributed by atoms with Crippen molar-refractivity contribution in [3.05, 3.63) is 87.9 Å². The van der Waals surface area contributed by atoms with Crippen molar-refractivity contribution in [1.82, 2.24) is 0 Å². The van der Waals surface area contributed by atoms with Crippen LogP contribution in [0.3, 0.4) is 0 Å². The number of halogens is 8. The molecule has 0 aromatic heterocycles. The fraction of sp³-hybridized carbons (Fsp3) is 0.231. The maximum atomic E-state index is 13.8. The highest BCUT2D eigenvalue weighted by atomic mass is 35.5. The van der Waals surface area contributed by atoms with E-state index >= 15 is 0 Å². The number of anilines is 1. The lowest BCUT2D eigenvalue weighted by molar-refractivity contribution is -0.275. The summed E-state index contributed by atoms with van der Waals surface area (Å²) in [6.45, 7) is 1.52. The van der Waals surface area contributed by atoms with Crippen LogP contribution in [0.2, 0.25) is 10.0 Å². The number of carbonyl (C=O) groups excluding carboxylic acids is 2. The first-order chi connectivity index (χ1) is 18.1. The van der Waals surface area contributed by atoms with Gasteiger partial charge in [-0.1, -0.05) is 47.5 Å². The number of imide groups is 1. The molecular weight excluding hydrogens is 575 g/mol. The van der Waals surface area contributed by atoms with E-state index in [-0.39, 0.29) is 15.7 Å². The van der Waals surface area contributed by atoms with Crippen LogP contribution >= 0.6 is 23.2 Å². The van der Waals surface area contributed by atoms with Crippen molar-refractivity contribution in [2.45, 2.75) is 25.1 Å². The summed E-state index contributed by atoms with van der Waals surface area (Å²) in [7, 11) is 0. The van der Waals surface area contributed by atoms with Crippen LogP contribution in [-0.4, -0.2) is 24.5 Å². The third kappa shape index (κ3) is 4.37. The summed E-state index contributed by atoms with van der Waals surface area (Å²) in [5.41, 5.74) is -2.14. The fourth-order valence-corrected chi connectivity index (χ4v) is 6.17. The maximum absolute atomic E-state index is 13.8. The number of nitrogens with zero attached hydrogens (tertiary/aromatic N) is 1. The Bertz CT molecular complexity index is 1390. The molecule has 2 amide bonds. The SMILES string of the molecule is C[C@]12C(=O)N(c3cc(Cl)cc(Cl)c3)C(=O)C1C2(c1ccc(OC(F)(F)F)cc1)c1ccc(OC(F)(F)F)cc1. The van der Waals surface area contributed by atoms with Crippen molar-refractivity contribution in [3.8, 4) is 11.5 Å². The number of ether oxygens (including phenoxy) is 2. The van der Waals surface area contributed by atoms with Crippen molar-refractivity contribution in [1.29, 1.82) is 0 Å². The third-order valence-electron chi connectivity index (χ3n) is 7.05. The highest BCUT2D eigenvalue weighted by Gasteiger charge is 2.86. The van der Waals surface area contributed by atoms with Gasteiger partial charge >= 0.3 is 12.7 Å². The molecule has 0 N–H and O–H groups in total. The Morgan fingerprint density at radius 2 is 1.15 bits per heavy atom. The van der Waals surface area contributed by atoms with Gasteiger partial charge in [-0.05, 0) is 60.5 Å². The summed E-state index contributed by atoms with van der Waals surface area (Å²) in [5.74, 6) is -3.37. The lowest BCUT2D eigenvalue weighted by Crippen LogP contribution is -2.42. The first-order valence-electron chi connectivity index (χ1n) is 11.1.